The van der Waals surface area contributed by atoms with Gasteiger partial charge in [-0.3, -0.25) is 0 Å². The molecule has 0 unspecified atom stereocenters. The van der Waals surface area contributed by atoms with Gasteiger partial charge in [-0.1, -0.05) is 12.1 Å². The number of para-hydroxylation sites is 1. The summed E-state index contributed by atoms with van der Waals surface area (Å²) in [5, 5.41) is 4.48. The number of anilines is 2. The van der Waals surface area contributed by atoms with Gasteiger partial charge in [0.15, 0.2) is 0 Å². The minimum absolute atomic E-state index is 0.329. The second kappa shape index (κ2) is 6.26. The Morgan fingerprint density at radius 2 is 2.00 bits per heavy atom. The molecule has 0 bridgehead atoms. The lowest BCUT2D eigenvalue weighted by molar-refractivity contribution is 0.215. The Morgan fingerprint density at radius 1 is 1.24 bits per heavy atom. The minimum Gasteiger partial charge on any atom is -0.369 e. The van der Waals surface area contributed by atoms with E-state index in [-0.39, 0.29) is 0 Å². The molecule has 21 heavy (non-hydrogen) atoms. The molecule has 3 N–H and O–H groups in total. The van der Waals surface area contributed by atoms with E-state index >= 15 is 0 Å². The number of aromatic nitrogens is 2. The third-order valence-corrected chi connectivity index (χ3v) is 4.30. The first-order valence-electron chi connectivity index (χ1n) is 7.67. The maximum atomic E-state index is 5.79. The summed E-state index contributed by atoms with van der Waals surface area (Å²) in [5.74, 6) is 2.00. The molecule has 2 heterocycles. The molecule has 0 atom stereocenters. The van der Waals surface area contributed by atoms with Crippen LogP contribution in [0.5, 0.6) is 0 Å². The lowest BCUT2D eigenvalue weighted by Gasteiger charge is -2.28. The number of hydrogen-bond donors (Lipinski definition) is 2. The van der Waals surface area contributed by atoms with Gasteiger partial charge in [0.25, 0.3) is 0 Å². The number of likely N-dealkylation sites (tertiary alicyclic amines) is 1. The van der Waals surface area contributed by atoms with Gasteiger partial charge in [0.2, 0.25) is 5.95 Å². The Morgan fingerprint density at radius 3 is 2.81 bits per heavy atom. The predicted octanol–water partition coefficient (Wildman–Crippen LogP) is 2.36. The molecule has 0 spiro atoms. The number of nitrogens with two attached hydrogens (primary N) is 1. The molecule has 1 fully saturated rings. The zero-order chi connectivity index (χ0) is 14.7. The van der Waals surface area contributed by atoms with Crippen molar-refractivity contribution < 1.29 is 0 Å². The zero-order valence-corrected chi connectivity index (χ0v) is 12.5. The molecule has 1 aliphatic rings. The van der Waals surface area contributed by atoms with Gasteiger partial charge in [-0.15, -0.1) is 0 Å². The fraction of sp³-hybridized carbons (Fsp3) is 0.500. The molecule has 5 heteroatoms. The van der Waals surface area contributed by atoms with Crippen LogP contribution in [0.3, 0.4) is 0 Å². The Bertz CT molecular complexity index is 605. The first-order chi connectivity index (χ1) is 10.2. The number of hydrogen-bond acceptors (Lipinski definition) is 5. The Hall–Kier alpha value is -1.88. The highest BCUT2D eigenvalue weighted by Crippen LogP contribution is 2.22. The highest BCUT2D eigenvalue weighted by molar-refractivity contribution is 5.89. The van der Waals surface area contributed by atoms with E-state index in [0.717, 1.165) is 29.2 Å². The van der Waals surface area contributed by atoms with Crippen molar-refractivity contribution in [2.75, 3.05) is 37.7 Å². The number of rotatable bonds is 4. The van der Waals surface area contributed by atoms with Crippen molar-refractivity contribution in [3.05, 3.63) is 24.3 Å². The van der Waals surface area contributed by atoms with Crippen LogP contribution >= 0.6 is 0 Å². The number of fused-ring (bicyclic) bond motifs is 1. The predicted molar refractivity (Wildman–Crippen MR) is 87.3 cm³/mol. The standard InChI is InChI=1S/C16H23N5/c1-21-10-7-12(8-11-21)6-9-18-15-13-4-2-3-5-14(13)19-16(17)20-15/h2-5,12H,6-11H2,1H3,(H3,17,18,19,20). The first-order valence-corrected chi connectivity index (χ1v) is 7.67. The summed E-state index contributed by atoms with van der Waals surface area (Å²) >= 11 is 0. The quantitative estimate of drug-likeness (QED) is 0.902. The van der Waals surface area contributed by atoms with Gasteiger partial charge in [-0.25, -0.2) is 4.98 Å². The van der Waals surface area contributed by atoms with Gasteiger partial charge >= 0.3 is 0 Å². The number of benzene rings is 1. The number of nitrogens with zero attached hydrogens (tertiary/aromatic N) is 3. The maximum absolute atomic E-state index is 5.79. The molecular weight excluding hydrogens is 262 g/mol. The molecule has 0 aliphatic carbocycles. The van der Waals surface area contributed by atoms with Crippen LogP contribution in [0.15, 0.2) is 24.3 Å². The lowest BCUT2D eigenvalue weighted by Crippen LogP contribution is -2.30. The van der Waals surface area contributed by atoms with Crippen molar-refractivity contribution in [1.29, 1.82) is 0 Å². The number of nitrogen functional groups attached to an aromatic ring is 1. The smallest absolute Gasteiger partial charge is 0.222 e. The van der Waals surface area contributed by atoms with Crippen LogP contribution in [-0.4, -0.2) is 41.5 Å². The average molecular weight is 285 g/mol. The van der Waals surface area contributed by atoms with Crippen LogP contribution in [0.4, 0.5) is 11.8 Å². The fourth-order valence-electron chi connectivity index (χ4n) is 2.97. The molecule has 1 aliphatic heterocycles. The second-order valence-corrected chi connectivity index (χ2v) is 5.91. The van der Waals surface area contributed by atoms with E-state index in [1.807, 2.05) is 24.3 Å². The molecule has 0 amide bonds. The molecule has 0 radical (unpaired) electrons. The van der Waals surface area contributed by atoms with E-state index in [1.54, 1.807) is 0 Å². The molecule has 2 aromatic rings. The summed E-state index contributed by atoms with van der Waals surface area (Å²) in [4.78, 5) is 11.0. The summed E-state index contributed by atoms with van der Waals surface area (Å²) in [6.07, 6.45) is 3.78. The van der Waals surface area contributed by atoms with Crippen molar-refractivity contribution in [3.8, 4) is 0 Å². The first kappa shape index (κ1) is 14.1. The average Bonchev–Trinajstić information content (AvgIpc) is 2.49. The van der Waals surface area contributed by atoms with E-state index in [4.69, 9.17) is 5.73 Å². The summed E-state index contributed by atoms with van der Waals surface area (Å²) in [7, 11) is 2.20. The number of nitrogens with one attached hydrogen (secondary N) is 1. The molecule has 112 valence electrons. The summed E-state index contributed by atoms with van der Waals surface area (Å²) in [6.45, 7) is 3.37. The van der Waals surface area contributed by atoms with Gasteiger partial charge in [-0.05, 0) is 57.5 Å². The van der Waals surface area contributed by atoms with Crippen LogP contribution < -0.4 is 11.1 Å². The Labute approximate surface area is 125 Å². The molecule has 1 aromatic carbocycles. The molecule has 3 rings (SSSR count). The molecule has 1 saturated heterocycles. The van der Waals surface area contributed by atoms with E-state index in [9.17, 15) is 0 Å². The van der Waals surface area contributed by atoms with Gasteiger partial charge < -0.3 is 16.0 Å². The van der Waals surface area contributed by atoms with E-state index < -0.39 is 0 Å². The molecule has 5 nitrogen and oxygen atoms in total. The van der Waals surface area contributed by atoms with E-state index in [0.29, 0.717) is 5.95 Å². The monoisotopic (exact) mass is 285 g/mol. The normalized spacial score (nSPS) is 17.2. The van der Waals surface area contributed by atoms with E-state index in [1.165, 1.54) is 32.4 Å². The van der Waals surface area contributed by atoms with Gasteiger partial charge in [0.1, 0.15) is 5.82 Å². The SMILES string of the molecule is CN1CCC(CCNc2nc(N)nc3ccccc23)CC1. The van der Waals surface area contributed by atoms with Crippen LogP contribution in [0.2, 0.25) is 0 Å². The van der Waals surface area contributed by atoms with Crippen molar-refractivity contribution in [2.45, 2.75) is 19.3 Å². The molecule has 0 saturated carbocycles. The maximum Gasteiger partial charge on any atom is 0.222 e. The number of piperidine rings is 1. The van der Waals surface area contributed by atoms with Gasteiger partial charge in [-0.2, -0.15) is 4.98 Å². The topological polar surface area (TPSA) is 67.1 Å². The Kier molecular flexibility index (Phi) is 4.20. The Balaban J connectivity index is 1.63. The fourth-order valence-corrected chi connectivity index (χ4v) is 2.97. The summed E-state index contributed by atoms with van der Waals surface area (Å²) in [6, 6.07) is 7.98. The highest BCUT2D eigenvalue weighted by Gasteiger charge is 2.16. The molecule has 1 aromatic heterocycles. The summed E-state index contributed by atoms with van der Waals surface area (Å²) < 4.78 is 0. The second-order valence-electron chi connectivity index (χ2n) is 5.91. The highest BCUT2D eigenvalue weighted by atomic mass is 15.1. The van der Waals surface area contributed by atoms with Crippen LogP contribution in [0, 0.1) is 5.92 Å². The van der Waals surface area contributed by atoms with E-state index in [2.05, 4.69) is 27.2 Å². The van der Waals surface area contributed by atoms with Crippen LogP contribution in [-0.2, 0) is 0 Å². The van der Waals surface area contributed by atoms with Crippen molar-refractivity contribution >= 4 is 22.7 Å². The zero-order valence-electron chi connectivity index (χ0n) is 12.5. The lowest BCUT2D eigenvalue weighted by atomic mass is 9.94. The van der Waals surface area contributed by atoms with Crippen LogP contribution in [0.25, 0.3) is 10.9 Å². The van der Waals surface area contributed by atoms with Crippen molar-refractivity contribution in [3.63, 3.8) is 0 Å². The third-order valence-electron chi connectivity index (χ3n) is 4.30. The third kappa shape index (κ3) is 3.42. The largest absolute Gasteiger partial charge is 0.369 e. The summed E-state index contributed by atoms with van der Waals surface area (Å²) in [5.41, 5.74) is 6.68. The van der Waals surface area contributed by atoms with Crippen LogP contribution in [0.1, 0.15) is 19.3 Å². The van der Waals surface area contributed by atoms with Gasteiger partial charge in [0.05, 0.1) is 5.52 Å². The van der Waals surface area contributed by atoms with Gasteiger partial charge in [0, 0.05) is 11.9 Å². The van der Waals surface area contributed by atoms with Crippen molar-refractivity contribution in [1.82, 2.24) is 14.9 Å². The van der Waals surface area contributed by atoms with Crippen molar-refractivity contribution in [2.24, 2.45) is 5.92 Å². The molecular formula is C16H23N5. The minimum atomic E-state index is 0.329.